The first-order chi connectivity index (χ1) is 8.74. The van der Waals surface area contributed by atoms with Crippen LogP contribution < -0.4 is 5.32 Å². The molecule has 2 unspecified atom stereocenters. The van der Waals surface area contributed by atoms with Crippen LogP contribution in [0.15, 0.2) is 30.5 Å². The van der Waals surface area contributed by atoms with Crippen LogP contribution in [0.25, 0.3) is 10.9 Å². The summed E-state index contributed by atoms with van der Waals surface area (Å²) in [5.41, 5.74) is 2.17. The highest BCUT2D eigenvalue weighted by Gasteiger charge is 2.32. The van der Waals surface area contributed by atoms with Crippen molar-refractivity contribution in [3.05, 3.63) is 36.0 Å². The Balaban J connectivity index is 1.63. The fourth-order valence-corrected chi connectivity index (χ4v) is 2.44. The van der Waals surface area contributed by atoms with E-state index in [0.717, 1.165) is 28.9 Å². The fraction of sp³-hybridized carbons (Fsp3) is 0.400. The third-order valence-corrected chi connectivity index (χ3v) is 3.86. The van der Waals surface area contributed by atoms with Crippen LogP contribution >= 0.6 is 0 Å². The highest BCUT2D eigenvalue weighted by molar-refractivity contribution is 5.88. The molecule has 3 rings (SSSR count). The largest absolute Gasteiger partial charge is 0.361 e. The van der Waals surface area contributed by atoms with E-state index in [1.807, 2.05) is 24.4 Å². The van der Waals surface area contributed by atoms with Crippen molar-refractivity contribution in [3.63, 3.8) is 0 Å². The summed E-state index contributed by atoms with van der Waals surface area (Å²) in [6, 6.07) is 8.08. The van der Waals surface area contributed by atoms with Gasteiger partial charge >= 0.3 is 0 Å². The molecule has 1 aliphatic rings. The second kappa shape index (κ2) is 4.48. The van der Waals surface area contributed by atoms with Crippen molar-refractivity contribution in [2.45, 2.75) is 19.8 Å². The molecule has 18 heavy (non-hydrogen) atoms. The summed E-state index contributed by atoms with van der Waals surface area (Å²) in [6.45, 7) is 3.07. The zero-order valence-electron chi connectivity index (χ0n) is 10.6. The lowest BCUT2D eigenvalue weighted by atomic mass is 10.1. The van der Waals surface area contributed by atoms with Gasteiger partial charge in [-0.2, -0.15) is 0 Å². The molecule has 0 saturated heterocycles. The Hall–Kier alpha value is -1.77. The third-order valence-electron chi connectivity index (χ3n) is 3.86. The lowest BCUT2D eigenvalue weighted by Crippen LogP contribution is -2.27. The molecule has 1 aromatic heterocycles. The van der Waals surface area contributed by atoms with E-state index in [2.05, 4.69) is 23.3 Å². The Bertz CT molecular complexity index is 573. The van der Waals surface area contributed by atoms with Gasteiger partial charge in [-0.15, -0.1) is 0 Å². The minimum absolute atomic E-state index is 0.124. The summed E-state index contributed by atoms with van der Waals surface area (Å²) in [4.78, 5) is 15.1. The first-order valence-electron chi connectivity index (χ1n) is 6.55. The molecule has 94 valence electrons. The molecule has 1 fully saturated rings. The van der Waals surface area contributed by atoms with Gasteiger partial charge in [0, 0.05) is 23.6 Å². The topological polar surface area (TPSA) is 44.9 Å². The number of carbonyl (C=O) groups excluding carboxylic acids is 1. The Morgan fingerprint density at radius 1 is 1.44 bits per heavy atom. The summed E-state index contributed by atoms with van der Waals surface area (Å²) in [6.07, 6.45) is 3.66. The second-order valence-electron chi connectivity index (χ2n) is 5.31. The Morgan fingerprint density at radius 2 is 2.22 bits per heavy atom. The van der Waals surface area contributed by atoms with Gasteiger partial charge in [0.15, 0.2) is 0 Å². The quantitative estimate of drug-likeness (QED) is 0.850. The maximum atomic E-state index is 11.9. The number of para-hydroxylation sites is 1. The van der Waals surface area contributed by atoms with Crippen LogP contribution in [0.2, 0.25) is 0 Å². The van der Waals surface area contributed by atoms with Gasteiger partial charge in [0.1, 0.15) is 0 Å². The molecular formula is C15H18N2O. The molecule has 0 aliphatic heterocycles. The SMILES string of the molecule is CC1CC1CNC(=O)Cc1c[nH]c2ccccc12. The average molecular weight is 242 g/mol. The number of amides is 1. The highest BCUT2D eigenvalue weighted by atomic mass is 16.1. The summed E-state index contributed by atoms with van der Waals surface area (Å²) < 4.78 is 0. The number of fused-ring (bicyclic) bond motifs is 1. The number of rotatable bonds is 4. The molecule has 2 N–H and O–H groups in total. The third kappa shape index (κ3) is 2.26. The number of carbonyl (C=O) groups is 1. The second-order valence-corrected chi connectivity index (χ2v) is 5.31. The zero-order valence-corrected chi connectivity index (χ0v) is 10.6. The number of aromatic amines is 1. The maximum Gasteiger partial charge on any atom is 0.224 e. The Kier molecular flexibility index (Phi) is 2.82. The predicted octanol–water partition coefficient (Wildman–Crippen LogP) is 2.48. The molecule has 3 heteroatoms. The van der Waals surface area contributed by atoms with Crippen molar-refractivity contribution in [2.24, 2.45) is 11.8 Å². The normalized spacial score (nSPS) is 22.1. The molecule has 0 bridgehead atoms. The minimum atomic E-state index is 0.124. The molecule has 1 heterocycles. The van der Waals surface area contributed by atoms with Crippen LogP contribution in [0, 0.1) is 11.8 Å². The van der Waals surface area contributed by atoms with Crippen molar-refractivity contribution in [3.8, 4) is 0 Å². The molecule has 1 aromatic carbocycles. The number of aromatic nitrogens is 1. The molecule has 3 nitrogen and oxygen atoms in total. The molecule has 0 radical (unpaired) electrons. The van der Waals surface area contributed by atoms with Crippen LogP contribution in [0.1, 0.15) is 18.9 Å². The molecule has 1 aliphatic carbocycles. The van der Waals surface area contributed by atoms with Gasteiger partial charge < -0.3 is 10.3 Å². The molecule has 1 amide bonds. The van der Waals surface area contributed by atoms with Gasteiger partial charge in [-0.3, -0.25) is 4.79 Å². The first-order valence-corrected chi connectivity index (χ1v) is 6.55. The van der Waals surface area contributed by atoms with Crippen LogP contribution in [-0.2, 0) is 11.2 Å². The molecular weight excluding hydrogens is 224 g/mol. The van der Waals surface area contributed by atoms with E-state index < -0.39 is 0 Å². The van der Waals surface area contributed by atoms with Gasteiger partial charge in [-0.05, 0) is 29.9 Å². The summed E-state index contributed by atoms with van der Waals surface area (Å²) >= 11 is 0. The standard InChI is InChI=1S/C15H18N2O/c1-10-6-11(10)8-17-15(18)7-12-9-16-14-5-3-2-4-13(12)14/h2-5,9-11,16H,6-8H2,1H3,(H,17,18). The van der Waals surface area contributed by atoms with E-state index in [1.54, 1.807) is 0 Å². The number of nitrogens with one attached hydrogen (secondary N) is 2. The van der Waals surface area contributed by atoms with E-state index in [-0.39, 0.29) is 5.91 Å². The number of hydrogen-bond acceptors (Lipinski definition) is 1. The molecule has 2 aromatic rings. The van der Waals surface area contributed by atoms with Gasteiger partial charge in [-0.1, -0.05) is 25.1 Å². The summed E-state index contributed by atoms with van der Waals surface area (Å²) in [5.74, 6) is 1.62. The zero-order chi connectivity index (χ0) is 12.5. The van der Waals surface area contributed by atoms with E-state index >= 15 is 0 Å². The molecule has 2 atom stereocenters. The number of benzene rings is 1. The predicted molar refractivity (Wildman–Crippen MR) is 72.3 cm³/mol. The van der Waals surface area contributed by atoms with Crippen molar-refractivity contribution in [1.82, 2.24) is 10.3 Å². The number of H-pyrrole nitrogens is 1. The fourth-order valence-electron chi connectivity index (χ4n) is 2.44. The van der Waals surface area contributed by atoms with E-state index in [0.29, 0.717) is 12.3 Å². The number of hydrogen-bond donors (Lipinski definition) is 2. The van der Waals surface area contributed by atoms with Crippen molar-refractivity contribution < 1.29 is 4.79 Å². The van der Waals surface area contributed by atoms with Gasteiger partial charge in [0.05, 0.1) is 6.42 Å². The van der Waals surface area contributed by atoms with E-state index in [9.17, 15) is 4.79 Å². The minimum Gasteiger partial charge on any atom is -0.361 e. The molecule has 1 saturated carbocycles. The highest BCUT2D eigenvalue weighted by Crippen LogP contribution is 2.36. The molecule has 0 spiro atoms. The van der Waals surface area contributed by atoms with Crippen molar-refractivity contribution in [2.75, 3.05) is 6.54 Å². The summed E-state index contributed by atoms with van der Waals surface area (Å²) in [7, 11) is 0. The Labute approximate surface area is 107 Å². The van der Waals surface area contributed by atoms with Crippen LogP contribution in [0.5, 0.6) is 0 Å². The monoisotopic (exact) mass is 242 g/mol. The van der Waals surface area contributed by atoms with Crippen LogP contribution in [0.4, 0.5) is 0 Å². The van der Waals surface area contributed by atoms with Crippen molar-refractivity contribution in [1.29, 1.82) is 0 Å². The first kappa shape index (κ1) is 11.3. The summed E-state index contributed by atoms with van der Waals surface area (Å²) in [5, 5.41) is 4.17. The Morgan fingerprint density at radius 3 is 3.00 bits per heavy atom. The lowest BCUT2D eigenvalue weighted by molar-refractivity contribution is -0.120. The average Bonchev–Trinajstić information content (AvgIpc) is 2.93. The van der Waals surface area contributed by atoms with Crippen LogP contribution in [-0.4, -0.2) is 17.4 Å². The smallest absolute Gasteiger partial charge is 0.224 e. The van der Waals surface area contributed by atoms with Gasteiger partial charge in [0.2, 0.25) is 5.91 Å². The van der Waals surface area contributed by atoms with Gasteiger partial charge in [-0.25, -0.2) is 0 Å². The van der Waals surface area contributed by atoms with E-state index in [1.165, 1.54) is 6.42 Å². The van der Waals surface area contributed by atoms with Crippen molar-refractivity contribution >= 4 is 16.8 Å². The van der Waals surface area contributed by atoms with Crippen LogP contribution in [0.3, 0.4) is 0 Å². The van der Waals surface area contributed by atoms with E-state index in [4.69, 9.17) is 0 Å². The van der Waals surface area contributed by atoms with Gasteiger partial charge in [0.25, 0.3) is 0 Å². The lowest BCUT2D eigenvalue weighted by Gasteiger charge is -2.03. The maximum absolute atomic E-state index is 11.9.